The second-order valence-corrected chi connectivity index (χ2v) is 4.23. The molecular weight excluding hydrogens is 307 g/mol. The number of rotatable bonds is 2. The van der Waals surface area contributed by atoms with Crippen molar-refractivity contribution in [3.63, 3.8) is 0 Å². The average Bonchev–Trinajstić information content (AvgIpc) is 2.29. The van der Waals surface area contributed by atoms with Gasteiger partial charge in [0, 0.05) is 6.07 Å². The van der Waals surface area contributed by atoms with Gasteiger partial charge in [-0.2, -0.15) is 0 Å². The molecule has 2 aromatic heterocycles. The lowest BCUT2D eigenvalue weighted by atomic mass is 10.3. The molecule has 0 aliphatic rings. The van der Waals surface area contributed by atoms with Gasteiger partial charge in [0.05, 0.1) is 0 Å². The lowest BCUT2D eigenvalue weighted by Gasteiger charge is -2.03. The predicted molar refractivity (Wildman–Crippen MR) is 66.9 cm³/mol. The van der Waals surface area contributed by atoms with Crippen molar-refractivity contribution in [3.05, 3.63) is 46.0 Å². The topological polar surface area (TPSA) is 67.8 Å². The summed E-state index contributed by atoms with van der Waals surface area (Å²) in [5, 5.41) is 2.83. The first-order valence-electron chi connectivity index (χ1n) is 4.56. The Kier molecular flexibility index (Phi) is 3.65. The molecule has 0 atom stereocenters. The number of carbonyl (C=O) groups is 1. The maximum Gasteiger partial charge on any atom is 0.275 e. The van der Waals surface area contributed by atoms with Crippen LogP contribution in [0, 0.1) is 0 Å². The predicted octanol–water partition coefficient (Wildman–Crippen LogP) is 2.54. The highest BCUT2D eigenvalue weighted by molar-refractivity contribution is 9.10. The number of aromatic nitrogens is 3. The molecule has 0 aliphatic carbocycles. The van der Waals surface area contributed by atoms with E-state index in [1.807, 2.05) is 0 Å². The minimum atomic E-state index is -0.360. The maximum atomic E-state index is 11.8. The molecule has 0 aromatic carbocycles. The number of anilines is 1. The molecular formula is C10H6BrClN4O. The van der Waals surface area contributed by atoms with Gasteiger partial charge in [-0.3, -0.25) is 4.79 Å². The van der Waals surface area contributed by atoms with E-state index in [-0.39, 0.29) is 16.8 Å². The summed E-state index contributed by atoms with van der Waals surface area (Å²) in [6.45, 7) is 0. The number of carbonyl (C=O) groups excluding carboxylic acids is 1. The lowest BCUT2D eigenvalue weighted by molar-refractivity contribution is 0.102. The van der Waals surface area contributed by atoms with Crippen LogP contribution in [0.2, 0.25) is 5.15 Å². The zero-order chi connectivity index (χ0) is 12.3. The van der Waals surface area contributed by atoms with Crippen molar-refractivity contribution in [1.29, 1.82) is 0 Å². The van der Waals surface area contributed by atoms with E-state index in [0.29, 0.717) is 10.4 Å². The zero-order valence-electron chi connectivity index (χ0n) is 8.39. The molecule has 0 saturated heterocycles. The van der Waals surface area contributed by atoms with Crippen LogP contribution >= 0.6 is 27.5 Å². The van der Waals surface area contributed by atoms with Crippen molar-refractivity contribution in [3.8, 4) is 0 Å². The quantitative estimate of drug-likeness (QED) is 0.683. The Morgan fingerprint density at radius 1 is 1.35 bits per heavy atom. The van der Waals surface area contributed by atoms with E-state index in [4.69, 9.17) is 11.6 Å². The Labute approximate surface area is 110 Å². The van der Waals surface area contributed by atoms with Crippen molar-refractivity contribution in [1.82, 2.24) is 15.0 Å². The van der Waals surface area contributed by atoms with Crippen LogP contribution in [0.5, 0.6) is 0 Å². The van der Waals surface area contributed by atoms with E-state index in [1.165, 1.54) is 12.4 Å². The molecule has 0 saturated carbocycles. The Morgan fingerprint density at radius 2 is 2.18 bits per heavy atom. The lowest BCUT2D eigenvalue weighted by Crippen LogP contribution is -2.14. The van der Waals surface area contributed by atoms with Crippen LogP contribution in [0.3, 0.4) is 0 Å². The first-order chi connectivity index (χ1) is 8.15. The van der Waals surface area contributed by atoms with Gasteiger partial charge in [0.25, 0.3) is 5.91 Å². The van der Waals surface area contributed by atoms with Gasteiger partial charge in [-0.15, -0.1) is 0 Å². The fraction of sp³-hybridized carbons (Fsp3) is 0. The molecule has 2 heterocycles. The second kappa shape index (κ2) is 5.20. The van der Waals surface area contributed by atoms with Crippen LogP contribution in [-0.2, 0) is 0 Å². The average molecular weight is 314 g/mol. The summed E-state index contributed by atoms with van der Waals surface area (Å²) in [7, 11) is 0. The SMILES string of the molecule is O=C(Nc1cc(Cl)ncn1)c1cccc(Br)n1. The molecule has 0 radical (unpaired) electrons. The van der Waals surface area contributed by atoms with Crippen LogP contribution < -0.4 is 5.32 Å². The van der Waals surface area contributed by atoms with Crippen LogP contribution in [0.15, 0.2) is 35.2 Å². The first kappa shape index (κ1) is 11.9. The summed E-state index contributed by atoms with van der Waals surface area (Å²) in [6, 6.07) is 6.51. The molecule has 2 rings (SSSR count). The fourth-order valence-electron chi connectivity index (χ4n) is 1.12. The maximum absolute atomic E-state index is 11.8. The highest BCUT2D eigenvalue weighted by Gasteiger charge is 2.08. The van der Waals surface area contributed by atoms with Gasteiger partial charge in [-0.25, -0.2) is 15.0 Å². The number of nitrogens with one attached hydrogen (secondary N) is 1. The van der Waals surface area contributed by atoms with Crippen LogP contribution in [0.4, 0.5) is 5.82 Å². The number of hydrogen-bond donors (Lipinski definition) is 1. The third kappa shape index (κ3) is 3.21. The minimum absolute atomic E-state index is 0.262. The molecule has 0 bridgehead atoms. The Bertz CT molecular complexity index is 564. The molecule has 2 aromatic rings. The molecule has 86 valence electrons. The molecule has 0 unspecified atom stereocenters. The van der Waals surface area contributed by atoms with Gasteiger partial charge < -0.3 is 5.32 Å². The van der Waals surface area contributed by atoms with E-state index >= 15 is 0 Å². The van der Waals surface area contributed by atoms with Gasteiger partial charge in [0.15, 0.2) is 0 Å². The molecule has 5 nitrogen and oxygen atoms in total. The van der Waals surface area contributed by atoms with E-state index in [9.17, 15) is 4.79 Å². The van der Waals surface area contributed by atoms with Gasteiger partial charge in [0.1, 0.15) is 27.6 Å². The van der Waals surface area contributed by atoms with Crippen molar-refractivity contribution < 1.29 is 4.79 Å². The fourth-order valence-corrected chi connectivity index (χ4v) is 1.61. The molecule has 1 amide bonds. The van der Waals surface area contributed by atoms with Gasteiger partial charge in [-0.1, -0.05) is 17.7 Å². The largest absolute Gasteiger partial charge is 0.305 e. The molecule has 17 heavy (non-hydrogen) atoms. The standard InChI is InChI=1S/C10H6BrClN4O/c11-7-3-1-2-6(15-7)10(17)16-9-4-8(12)13-5-14-9/h1-5H,(H,13,14,16,17). The summed E-state index contributed by atoms with van der Waals surface area (Å²) in [6.07, 6.45) is 1.27. The Balaban J connectivity index is 2.17. The second-order valence-electron chi connectivity index (χ2n) is 3.03. The molecule has 0 spiro atoms. The van der Waals surface area contributed by atoms with Gasteiger partial charge >= 0.3 is 0 Å². The smallest absolute Gasteiger partial charge is 0.275 e. The number of halogens is 2. The van der Waals surface area contributed by atoms with Crippen LogP contribution in [0.1, 0.15) is 10.5 Å². The normalized spacial score (nSPS) is 10.0. The third-order valence-electron chi connectivity index (χ3n) is 1.82. The third-order valence-corrected chi connectivity index (χ3v) is 2.47. The molecule has 1 N–H and O–H groups in total. The van der Waals surface area contributed by atoms with E-state index < -0.39 is 0 Å². The van der Waals surface area contributed by atoms with Gasteiger partial charge in [-0.05, 0) is 28.1 Å². The Morgan fingerprint density at radius 3 is 2.88 bits per heavy atom. The van der Waals surface area contributed by atoms with Crippen LogP contribution in [0.25, 0.3) is 0 Å². The zero-order valence-corrected chi connectivity index (χ0v) is 10.7. The highest BCUT2D eigenvalue weighted by Crippen LogP contribution is 2.11. The minimum Gasteiger partial charge on any atom is -0.305 e. The molecule has 7 heteroatoms. The molecule has 0 aliphatic heterocycles. The summed E-state index contributed by atoms with van der Waals surface area (Å²) in [5.74, 6) is -0.0298. The Hall–Kier alpha value is -1.53. The van der Waals surface area contributed by atoms with Crippen molar-refractivity contribution >= 4 is 39.3 Å². The number of amides is 1. The number of nitrogens with zero attached hydrogens (tertiary/aromatic N) is 3. The first-order valence-corrected chi connectivity index (χ1v) is 5.74. The summed E-state index contributed by atoms with van der Waals surface area (Å²) in [5.41, 5.74) is 0.286. The number of pyridine rings is 1. The van der Waals surface area contributed by atoms with E-state index in [2.05, 4.69) is 36.2 Å². The van der Waals surface area contributed by atoms with Crippen molar-refractivity contribution in [2.75, 3.05) is 5.32 Å². The van der Waals surface area contributed by atoms with E-state index in [0.717, 1.165) is 0 Å². The van der Waals surface area contributed by atoms with Crippen molar-refractivity contribution in [2.45, 2.75) is 0 Å². The highest BCUT2D eigenvalue weighted by atomic mass is 79.9. The summed E-state index contributed by atoms with van der Waals surface area (Å²) in [4.78, 5) is 23.4. The van der Waals surface area contributed by atoms with Crippen LogP contribution in [-0.4, -0.2) is 20.9 Å². The number of hydrogen-bond acceptors (Lipinski definition) is 4. The van der Waals surface area contributed by atoms with E-state index in [1.54, 1.807) is 18.2 Å². The summed E-state index contributed by atoms with van der Waals surface area (Å²) >= 11 is 8.86. The summed E-state index contributed by atoms with van der Waals surface area (Å²) < 4.78 is 0.589. The molecule has 0 fully saturated rings. The monoisotopic (exact) mass is 312 g/mol. The van der Waals surface area contributed by atoms with Gasteiger partial charge in [0.2, 0.25) is 0 Å². The van der Waals surface area contributed by atoms with Crippen molar-refractivity contribution in [2.24, 2.45) is 0 Å².